The van der Waals surface area contributed by atoms with Crippen molar-refractivity contribution in [2.24, 2.45) is 10.8 Å². The molecule has 2 fully saturated rings. The predicted octanol–water partition coefficient (Wildman–Crippen LogP) is 4.80. The van der Waals surface area contributed by atoms with Crippen molar-refractivity contribution in [3.63, 3.8) is 0 Å². The van der Waals surface area contributed by atoms with Crippen molar-refractivity contribution in [1.29, 1.82) is 0 Å². The van der Waals surface area contributed by atoms with Gasteiger partial charge in [0.15, 0.2) is 5.43 Å². The quantitative estimate of drug-likeness (QED) is 0.861. The van der Waals surface area contributed by atoms with Crippen LogP contribution < -0.4 is 5.43 Å². The summed E-state index contributed by atoms with van der Waals surface area (Å²) in [6.45, 7) is 13.3. The molecule has 1 aromatic carbocycles. The van der Waals surface area contributed by atoms with Gasteiger partial charge in [-0.15, -0.1) is 0 Å². The molecule has 0 amide bonds. The van der Waals surface area contributed by atoms with Crippen molar-refractivity contribution in [3.05, 3.63) is 45.2 Å². The molecule has 0 spiro atoms. The summed E-state index contributed by atoms with van der Waals surface area (Å²) in [5.74, 6) is 0. The van der Waals surface area contributed by atoms with E-state index >= 15 is 0 Å². The zero-order chi connectivity index (χ0) is 18.7. The molecule has 0 radical (unpaired) electrons. The van der Waals surface area contributed by atoms with E-state index in [9.17, 15) is 4.79 Å². The van der Waals surface area contributed by atoms with Crippen LogP contribution in [-0.4, -0.2) is 22.5 Å². The lowest BCUT2D eigenvalue weighted by Gasteiger charge is -2.40. The molecule has 2 heterocycles. The maximum absolute atomic E-state index is 13.3. The van der Waals surface area contributed by atoms with Crippen molar-refractivity contribution in [1.82, 2.24) is 9.88 Å². The standard InChI is InChI=1S/C23H32N2O/c1-6-16-7-8-20-18(9-16)21(26)19(15(2)24-20)12-25-14-23(5)11-17(25)10-22(3,4)13-23/h7-9,17H,6,10-14H2,1-5H3,(H,24,26). The predicted molar refractivity (Wildman–Crippen MR) is 109 cm³/mol. The summed E-state index contributed by atoms with van der Waals surface area (Å²) in [5, 5.41) is 0.846. The van der Waals surface area contributed by atoms with E-state index in [1.165, 1.54) is 24.8 Å². The van der Waals surface area contributed by atoms with E-state index in [4.69, 9.17) is 0 Å². The molecule has 26 heavy (non-hydrogen) atoms. The number of H-pyrrole nitrogens is 1. The van der Waals surface area contributed by atoms with Crippen LogP contribution in [-0.2, 0) is 13.0 Å². The van der Waals surface area contributed by atoms with Crippen LogP contribution in [0.5, 0.6) is 0 Å². The fourth-order valence-corrected chi connectivity index (χ4v) is 5.87. The molecule has 2 aromatic rings. The summed E-state index contributed by atoms with van der Waals surface area (Å²) >= 11 is 0. The highest BCUT2D eigenvalue weighted by atomic mass is 16.1. The number of nitrogens with one attached hydrogen (secondary N) is 1. The molecule has 1 saturated heterocycles. The molecule has 1 N–H and O–H groups in total. The Hall–Kier alpha value is -1.61. The first kappa shape index (κ1) is 17.8. The minimum absolute atomic E-state index is 0.220. The number of rotatable bonds is 3. The summed E-state index contributed by atoms with van der Waals surface area (Å²) < 4.78 is 0. The highest BCUT2D eigenvalue weighted by Gasteiger charge is 2.49. The lowest BCUT2D eigenvalue weighted by atomic mass is 9.65. The van der Waals surface area contributed by atoms with E-state index in [1.54, 1.807) is 0 Å². The van der Waals surface area contributed by atoms with Gasteiger partial charge in [0.1, 0.15) is 0 Å². The molecule has 2 unspecified atom stereocenters. The zero-order valence-electron chi connectivity index (χ0n) is 16.9. The second-order valence-electron chi connectivity index (χ2n) is 9.91. The van der Waals surface area contributed by atoms with Crippen molar-refractivity contribution < 1.29 is 0 Å². The van der Waals surface area contributed by atoms with Crippen molar-refractivity contribution in [2.75, 3.05) is 6.54 Å². The summed E-state index contributed by atoms with van der Waals surface area (Å²) in [6, 6.07) is 6.85. The number of aromatic nitrogens is 1. The molecule has 1 aromatic heterocycles. The van der Waals surface area contributed by atoms with Crippen LogP contribution in [0.15, 0.2) is 23.0 Å². The molecule has 1 saturated carbocycles. The number of hydrogen-bond acceptors (Lipinski definition) is 2. The van der Waals surface area contributed by atoms with Crippen LogP contribution >= 0.6 is 0 Å². The fourth-order valence-electron chi connectivity index (χ4n) is 5.87. The Bertz CT molecular complexity index is 910. The van der Waals surface area contributed by atoms with Gasteiger partial charge in [-0.05, 0) is 61.1 Å². The monoisotopic (exact) mass is 352 g/mol. The van der Waals surface area contributed by atoms with Gasteiger partial charge in [-0.1, -0.05) is 33.8 Å². The van der Waals surface area contributed by atoms with Crippen molar-refractivity contribution in [2.45, 2.75) is 72.9 Å². The molecule has 3 nitrogen and oxygen atoms in total. The summed E-state index contributed by atoms with van der Waals surface area (Å²) in [6.07, 6.45) is 4.77. The molecule has 4 rings (SSSR count). The van der Waals surface area contributed by atoms with Crippen LogP contribution in [0.4, 0.5) is 0 Å². The van der Waals surface area contributed by atoms with Crippen LogP contribution in [0, 0.1) is 17.8 Å². The third-order valence-electron chi connectivity index (χ3n) is 6.67. The Morgan fingerprint density at radius 3 is 2.73 bits per heavy atom. The Morgan fingerprint density at radius 2 is 2.00 bits per heavy atom. The molecule has 1 aliphatic heterocycles. The van der Waals surface area contributed by atoms with Gasteiger partial charge in [-0.2, -0.15) is 0 Å². The minimum atomic E-state index is 0.220. The van der Waals surface area contributed by atoms with E-state index in [1.807, 2.05) is 0 Å². The summed E-state index contributed by atoms with van der Waals surface area (Å²) in [7, 11) is 0. The first-order chi connectivity index (χ1) is 12.2. The molecule has 2 bridgehead atoms. The van der Waals surface area contributed by atoms with Crippen LogP contribution in [0.25, 0.3) is 10.9 Å². The number of aromatic amines is 1. The lowest BCUT2D eigenvalue weighted by Crippen LogP contribution is -2.35. The van der Waals surface area contributed by atoms with E-state index in [0.29, 0.717) is 16.9 Å². The van der Waals surface area contributed by atoms with Gasteiger partial charge in [-0.25, -0.2) is 0 Å². The second kappa shape index (κ2) is 5.95. The number of hydrogen-bond donors (Lipinski definition) is 1. The highest BCUT2D eigenvalue weighted by molar-refractivity contribution is 5.80. The number of benzene rings is 1. The van der Waals surface area contributed by atoms with Crippen LogP contribution in [0.3, 0.4) is 0 Å². The first-order valence-corrected chi connectivity index (χ1v) is 10.1. The Balaban J connectivity index is 1.71. The third kappa shape index (κ3) is 3.00. The van der Waals surface area contributed by atoms with Crippen molar-refractivity contribution >= 4 is 10.9 Å². The van der Waals surface area contributed by atoms with E-state index < -0.39 is 0 Å². The largest absolute Gasteiger partial charge is 0.358 e. The molecule has 2 aliphatic rings. The van der Waals surface area contributed by atoms with Gasteiger partial charge in [-0.3, -0.25) is 9.69 Å². The number of likely N-dealkylation sites (tertiary alicyclic amines) is 1. The number of aryl methyl sites for hydroxylation is 2. The zero-order valence-corrected chi connectivity index (χ0v) is 16.9. The van der Waals surface area contributed by atoms with E-state index in [2.05, 4.69) is 62.7 Å². The number of pyridine rings is 1. The maximum Gasteiger partial charge on any atom is 0.194 e. The molecular weight excluding hydrogens is 320 g/mol. The minimum Gasteiger partial charge on any atom is -0.358 e. The summed E-state index contributed by atoms with van der Waals surface area (Å²) in [5.41, 5.74) is 5.20. The SMILES string of the molecule is CCc1ccc2[nH]c(C)c(CN3CC4(C)CC3CC(C)(C)C4)c(=O)c2c1. The van der Waals surface area contributed by atoms with Crippen molar-refractivity contribution in [3.8, 4) is 0 Å². The van der Waals surface area contributed by atoms with Crippen LogP contribution in [0.1, 0.15) is 63.8 Å². The Kier molecular flexibility index (Phi) is 4.07. The van der Waals surface area contributed by atoms with Gasteiger partial charge in [0.25, 0.3) is 0 Å². The normalized spacial score (nSPS) is 28.0. The van der Waals surface area contributed by atoms with Gasteiger partial charge in [0.05, 0.1) is 0 Å². The molecule has 3 heteroatoms. The first-order valence-electron chi connectivity index (χ1n) is 10.1. The van der Waals surface area contributed by atoms with Gasteiger partial charge < -0.3 is 4.98 Å². The van der Waals surface area contributed by atoms with Crippen LogP contribution in [0.2, 0.25) is 0 Å². The average molecular weight is 353 g/mol. The fraction of sp³-hybridized carbons (Fsp3) is 0.609. The van der Waals surface area contributed by atoms with Gasteiger partial charge in [0, 0.05) is 41.3 Å². The molecule has 1 aliphatic carbocycles. The second-order valence-corrected chi connectivity index (χ2v) is 9.91. The smallest absolute Gasteiger partial charge is 0.194 e. The summed E-state index contributed by atoms with van der Waals surface area (Å²) in [4.78, 5) is 19.3. The van der Waals surface area contributed by atoms with Gasteiger partial charge >= 0.3 is 0 Å². The third-order valence-corrected chi connectivity index (χ3v) is 6.67. The lowest BCUT2D eigenvalue weighted by molar-refractivity contribution is 0.126. The highest BCUT2D eigenvalue weighted by Crippen LogP contribution is 2.52. The Morgan fingerprint density at radius 1 is 1.23 bits per heavy atom. The topological polar surface area (TPSA) is 36.1 Å². The average Bonchev–Trinajstić information content (AvgIpc) is 2.79. The van der Waals surface area contributed by atoms with E-state index in [-0.39, 0.29) is 5.43 Å². The number of fused-ring (bicyclic) bond motifs is 3. The maximum atomic E-state index is 13.3. The molecule has 2 atom stereocenters. The number of nitrogens with zero attached hydrogens (tertiary/aromatic N) is 1. The van der Waals surface area contributed by atoms with Gasteiger partial charge in [0.2, 0.25) is 0 Å². The molecular formula is C23H32N2O. The molecule has 140 valence electrons. The van der Waals surface area contributed by atoms with E-state index in [0.717, 1.165) is 41.7 Å². The Labute approximate surface area is 156 Å².